The lowest BCUT2D eigenvalue weighted by atomic mass is 9.96. The largest absolute Gasteiger partial charge is 0.289 e. The minimum Gasteiger partial charge on any atom is -0.289 e. The zero-order valence-electron chi connectivity index (χ0n) is 11.9. The van der Waals surface area contributed by atoms with Crippen LogP contribution in [0.3, 0.4) is 0 Å². The van der Waals surface area contributed by atoms with Gasteiger partial charge in [-0.25, -0.2) is 0 Å². The van der Waals surface area contributed by atoms with Crippen LogP contribution in [0, 0.1) is 13.8 Å². The number of carbonyl (C=O) groups is 1. The van der Waals surface area contributed by atoms with Crippen molar-refractivity contribution in [1.29, 1.82) is 0 Å². The summed E-state index contributed by atoms with van der Waals surface area (Å²) in [7, 11) is 0. The molecular weight excluding hydrogens is 232 g/mol. The molecule has 1 nitrogen and oxygen atoms in total. The molecule has 2 aromatic carbocycles. The Morgan fingerprint density at radius 2 is 1.68 bits per heavy atom. The van der Waals surface area contributed by atoms with Crippen LogP contribution in [-0.2, 0) is 6.42 Å². The number of aryl methyl sites for hydroxylation is 3. The fraction of sp³-hybridized carbons (Fsp3) is 0.278. The summed E-state index contributed by atoms with van der Waals surface area (Å²) in [6.07, 6.45) is 2.20. The van der Waals surface area contributed by atoms with Crippen molar-refractivity contribution in [2.24, 2.45) is 0 Å². The van der Waals surface area contributed by atoms with Crippen molar-refractivity contribution in [2.45, 2.75) is 33.6 Å². The Hall–Kier alpha value is -1.89. The van der Waals surface area contributed by atoms with Gasteiger partial charge < -0.3 is 0 Å². The molecule has 2 aromatic rings. The highest BCUT2D eigenvalue weighted by atomic mass is 16.1. The lowest BCUT2D eigenvalue weighted by Gasteiger charge is -2.07. The molecule has 1 heteroatoms. The van der Waals surface area contributed by atoms with Gasteiger partial charge in [-0.3, -0.25) is 4.79 Å². The summed E-state index contributed by atoms with van der Waals surface area (Å²) >= 11 is 0. The molecule has 19 heavy (non-hydrogen) atoms. The second-order valence-electron chi connectivity index (χ2n) is 5.09. The molecule has 0 unspecified atom stereocenters. The first-order valence-corrected chi connectivity index (χ1v) is 6.82. The Bertz CT molecular complexity index is 579. The van der Waals surface area contributed by atoms with Crippen molar-refractivity contribution in [3.63, 3.8) is 0 Å². The van der Waals surface area contributed by atoms with Gasteiger partial charge in [0.15, 0.2) is 5.78 Å². The summed E-state index contributed by atoms with van der Waals surface area (Å²) in [5.74, 6) is 0.115. The molecule has 0 bridgehead atoms. The summed E-state index contributed by atoms with van der Waals surface area (Å²) in [6, 6.07) is 14.0. The van der Waals surface area contributed by atoms with Crippen LogP contribution in [0.1, 0.15) is 46.0 Å². The van der Waals surface area contributed by atoms with Crippen LogP contribution in [0.4, 0.5) is 0 Å². The molecule has 0 amide bonds. The Kier molecular flexibility index (Phi) is 4.16. The third kappa shape index (κ3) is 3.11. The van der Waals surface area contributed by atoms with Crippen molar-refractivity contribution in [2.75, 3.05) is 0 Å². The average Bonchev–Trinajstić information content (AvgIpc) is 2.42. The van der Waals surface area contributed by atoms with Gasteiger partial charge in [0.25, 0.3) is 0 Å². The van der Waals surface area contributed by atoms with Gasteiger partial charge in [0.1, 0.15) is 0 Å². The number of hydrogen-bond acceptors (Lipinski definition) is 1. The molecule has 2 rings (SSSR count). The van der Waals surface area contributed by atoms with E-state index in [9.17, 15) is 4.79 Å². The highest BCUT2D eigenvalue weighted by Crippen LogP contribution is 2.17. The van der Waals surface area contributed by atoms with E-state index in [0.717, 1.165) is 35.1 Å². The predicted molar refractivity (Wildman–Crippen MR) is 79.8 cm³/mol. The van der Waals surface area contributed by atoms with E-state index in [4.69, 9.17) is 0 Å². The Morgan fingerprint density at radius 1 is 1.00 bits per heavy atom. The van der Waals surface area contributed by atoms with E-state index in [1.807, 2.05) is 44.2 Å². The van der Waals surface area contributed by atoms with Gasteiger partial charge in [-0.15, -0.1) is 0 Å². The second-order valence-corrected chi connectivity index (χ2v) is 5.09. The van der Waals surface area contributed by atoms with E-state index in [1.165, 1.54) is 5.56 Å². The topological polar surface area (TPSA) is 17.1 Å². The molecule has 0 heterocycles. The molecule has 98 valence electrons. The standard InChI is InChI=1S/C18H20O/c1-4-5-15-8-10-16(11-9-15)18(19)17-12-13(2)6-7-14(17)3/h6-12H,4-5H2,1-3H3. The number of rotatable bonds is 4. The second kappa shape index (κ2) is 5.83. The van der Waals surface area contributed by atoms with Crippen LogP contribution in [0.15, 0.2) is 42.5 Å². The Labute approximate surface area is 115 Å². The molecule has 0 radical (unpaired) electrons. The summed E-state index contributed by atoms with van der Waals surface area (Å²) < 4.78 is 0. The van der Waals surface area contributed by atoms with E-state index in [-0.39, 0.29) is 5.78 Å². The zero-order chi connectivity index (χ0) is 13.8. The van der Waals surface area contributed by atoms with Crippen LogP contribution in [-0.4, -0.2) is 5.78 Å². The quantitative estimate of drug-likeness (QED) is 0.733. The van der Waals surface area contributed by atoms with Gasteiger partial charge in [0, 0.05) is 11.1 Å². The average molecular weight is 252 g/mol. The van der Waals surface area contributed by atoms with Gasteiger partial charge in [-0.1, -0.05) is 55.3 Å². The molecule has 0 aliphatic heterocycles. The van der Waals surface area contributed by atoms with E-state index in [1.54, 1.807) is 0 Å². The summed E-state index contributed by atoms with van der Waals surface area (Å²) in [6.45, 7) is 6.16. The summed E-state index contributed by atoms with van der Waals surface area (Å²) in [5, 5.41) is 0. The molecular formula is C18H20O. The maximum Gasteiger partial charge on any atom is 0.193 e. The van der Waals surface area contributed by atoms with Crippen molar-refractivity contribution in [3.8, 4) is 0 Å². The monoisotopic (exact) mass is 252 g/mol. The zero-order valence-corrected chi connectivity index (χ0v) is 11.9. The van der Waals surface area contributed by atoms with E-state index in [0.29, 0.717) is 0 Å². The normalized spacial score (nSPS) is 10.5. The van der Waals surface area contributed by atoms with Crippen molar-refractivity contribution < 1.29 is 4.79 Å². The smallest absolute Gasteiger partial charge is 0.193 e. The third-order valence-corrected chi connectivity index (χ3v) is 3.39. The highest BCUT2D eigenvalue weighted by Gasteiger charge is 2.11. The van der Waals surface area contributed by atoms with Gasteiger partial charge in [0.05, 0.1) is 0 Å². The van der Waals surface area contributed by atoms with Crippen LogP contribution in [0.25, 0.3) is 0 Å². The van der Waals surface area contributed by atoms with Crippen molar-refractivity contribution in [1.82, 2.24) is 0 Å². The molecule has 0 aliphatic rings. The maximum atomic E-state index is 12.5. The highest BCUT2D eigenvalue weighted by molar-refractivity contribution is 6.10. The fourth-order valence-electron chi connectivity index (χ4n) is 2.25. The summed E-state index contributed by atoms with van der Waals surface area (Å²) in [5.41, 5.74) is 5.03. The lowest BCUT2D eigenvalue weighted by molar-refractivity contribution is 0.103. The minimum atomic E-state index is 0.115. The van der Waals surface area contributed by atoms with E-state index in [2.05, 4.69) is 19.1 Å². The van der Waals surface area contributed by atoms with Gasteiger partial charge in [-0.05, 0) is 37.5 Å². The fourth-order valence-corrected chi connectivity index (χ4v) is 2.25. The first-order valence-electron chi connectivity index (χ1n) is 6.82. The Morgan fingerprint density at radius 3 is 2.32 bits per heavy atom. The molecule has 0 aromatic heterocycles. The molecule has 0 fully saturated rings. The van der Waals surface area contributed by atoms with Crippen molar-refractivity contribution in [3.05, 3.63) is 70.3 Å². The number of carbonyl (C=O) groups excluding carboxylic acids is 1. The van der Waals surface area contributed by atoms with Crippen molar-refractivity contribution >= 4 is 5.78 Å². The van der Waals surface area contributed by atoms with E-state index < -0.39 is 0 Å². The predicted octanol–water partition coefficient (Wildman–Crippen LogP) is 4.49. The van der Waals surface area contributed by atoms with Crippen LogP contribution in [0.5, 0.6) is 0 Å². The molecule has 0 N–H and O–H groups in total. The van der Waals surface area contributed by atoms with Gasteiger partial charge in [0.2, 0.25) is 0 Å². The Balaban J connectivity index is 2.30. The molecule has 0 aliphatic carbocycles. The number of hydrogen-bond donors (Lipinski definition) is 0. The van der Waals surface area contributed by atoms with Crippen LogP contribution in [0.2, 0.25) is 0 Å². The SMILES string of the molecule is CCCc1ccc(C(=O)c2cc(C)ccc2C)cc1. The number of benzene rings is 2. The first-order chi connectivity index (χ1) is 9.11. The third-order valence-electron chi connectivity index (χ3n) is 3.39. The molecule has 0 spiro atoms. The first kappa shape index (κ1) is 13.5. The van der Waals surface area contributed by atoms with Gasteiger partial charge >= 0.3 is 0 Å². The summed E-state index contributed by atoms with van der Waals surface area (Å²) in [4.78, 5) is 12.5. The molecule has 0 saturated heterocycles. The minimum absolute atomic E-state index is 0.115. The maximum absolute atomic E-state index is 12.5. The number of ketones is 1. The van der Waals surface area contributed by atoms with E-state index >= 15 is 0 Å². The van der Waals surface area contributed by atoms with Crippen LogP contribution < -0.4 is 0 Å². The molecule has 0 saturated carbocycles. The molecule has 0 atom stereocenters. The van der Waals surface area contributed by atoms with Crippen LogP contribution >= 0.6 is 0 Å². The lowest BCUT2D eigenvalue weighted by Crippen LogP contribution is -2.04. The van der Waals surface area contributed by atoms with Gasteiger partial charge in [-0.2, -0.15) is 0 Å².